The van der Waals surface area contributed by atoms with Gasteiger partial charge in [0.15, 0.2) is 0 Å². The Balaban J connectivity index is 1.27. The van der Waals surface area contributed by atoms with Gasteiger partial charge >= 0.3 is 0 Å². The third-order valence-corrected chi connectivity index (χ3v) is 5.98. The first-order valence-corrected chi connectivity index (χ1v) is 10.2. The van der Waals surface area contributed by atoms with Crippen LogP contribution in [0.25, 0.3) is 0 Å². The Kier molecular flexibility index (Phi) is 5.68. The van der Waals surface area contributed by atoms with E-state index >= 15 is 0 Å². The topological polar surface area (TPSA) is 32.3 Å². The molecule has 1 aliphatic carbocycles. The Hall–Kier alpha value is -2.10. The van der Waals surface area contributed by atoms with E-state index in [0.29, 0.717) is 0 Å². The van der Waals surface area contributed by atoms with Crippen LogP contribution in [0.15, 0.2) is 42.7 Å². The van der Waals surface area contributed by atoms with Crippen molar-refractivity contribution in [3.05, 3.63) is 48.3 Å². The van der Waals surface area contributed by atoms with E-state index in [2.05, 4.69) is 44.0 Å². The van der Waals surface area contributed by atoms with Crippen LogP contribution >= 0.6 is 0 Å². The van der Waals surface area contributed by atoms with Gasteiger partial charge in [-0.2, -0.15) is 0 Å². The minimum absolute atomic E-state index is 0.852. The molecule has 1 saturated heterocycles. The Labute approximate surface area is 157 Å². The van der Waals surface area contributed by atoms with Gasteiger partial charge in [-0.1, -0.05) is 44.2 Å². The third kappa shape index (κ3) is 4.35. The minimum atomic E-state index is 0.852. The van der Waals surface area contributed by atoms with Crippen molar-refractivity contribution in [2.45, 2.75) is 44.9 Å². The molecule has 0 bridgehead atoms. The fraction of sp³-hybridized carbons (Fsp3) is 0.545. The molecule has 0 atom stereocenters. The van der Waals surface area contributed by atoms with Gasteiger partial charge in [0.25, 0.3) is 0 Å². The lowest BCUT2D eigenvalue weighted by Gasteiger charge is -2.36. The minimum Gasteiger partial charge on any atom is -0.368 e. The molecular formula is C22H30N4. The van der Waals surface area contributed by atoms with Gasteiger partial charge in [0.1, 0.15) is 0 Å². The molecule has 2 aliphatic rings. The number of hydrogen-bond donors (Lipinski definition) is 0. The van der Waals surface area contributed by atoms with Crippen LogP contribution in [-0.2, 0) is 6.42 Å². The number of piperazine rings is 1. The first kappa shape index (κ1) is 17.3. The highest BCUT2D eigenvalue weighted by atomic mass is 15.3. The van der Waals surface area contributed by atoms with Crippen molar-refractivity contribution in [1.29, 1.82) is 0 Å². The van der Waals surface area contributed by atoms with E-state index in [9.17, 15) is 0 Å². The number of rotatable bonds is 5. The van der Waals surface area contributed by atoms with Crippen LogP contribution in [0.4, 0.5) is 11.6 Å². The largest absolute Gasteiger partial charge is 0.368 e. The summed E-state index contributed by atoms with van der Waals surface area (Å²) in [4.78, 5) is 13.5. The lowest BCUT2D eigenvalue weighted by molar-refractivity contribution is 0.339. The summed E-state index contributed by atoms with van der Waals surface area (Å²) in [7, 11) is 0. The van der Waals surface area contributed by atoms with Crippen LogP contribution in [0.3, 0.4) is 0 Å². The molecule has 138 valence electrons. The second-order valence-electron chi connectivity index (χ2n) is 7.73. The summed E-state index contributed by atoms with van der Waals surface area (Å²) in [6.45, 7) is 4.01. The van der Waals surface area contributed by atoms with Crippen LogP contribution in [-0.4, -0.2) is 36.1 Å². The van der Waals surface area contributed by atoms with Crippen LogP contribution in [0.2, 0.25) is 0 Å². The lowest BCUT2D eigenvalue weighted by Crippen LogP contribution is -2.47. The number of hydrogen-bond acceptors (Lipinski definition) is 4. The smallest absolute Gasteiger partial charge is 0.225 e. The van der Waals surface area contributed by atoms with Crippen LogP contribution < -0.4 is 9.80 Å². The van der Waals surface area contributed by atoms with Gasteiger partial charge in [-0.3, -0.25) is 0 Å². The molecule has 0 unspecified atom stereocenters. The van der Waals surface area contributed by atoms with Crippen LogP contribution in [0.1, 0.15) is 44.1 Å². The molecule has 0 radical (unpaired) electrons. The van der Waals surface area contributed by atoms with Crippen molar-refractivity contribution < 1.29 is 0 Å². The monoisotopic (exact) mass is 350 g/mol. The van der Waals surface area contributed by atoms with Crippen molar-refractivity contribution in [3.63, 3.8) is 0 Å². The zero-order chi connectivity index (χ0) is 17.6. The first-order chi connectivity index (χ1) is 12.9. The molecule has 4 rings (SSSR count). The second-order valence-corrected chi connectivity index (χ2v) is 7.73. The molecule has 1 aliphatic heterocycles. The standard InChI is InChI=1S/C22H30N4/c1-2-5-19(6-3-1)7-8-20-9-11-21(12-10-20)25-15-17-26(18-16-25)22-23-13-4-14-24-22/h4,9-14,19H,1-3,5-8,15-18H2. The summed E-state index contributed by atoms with van der Waals surface area (Å²) < 4.78 is 0. The summed E-state index contributed by atoms with van der Waals surface area (Å²) in [5.74, 6) is 1.82. The number of anilines is 2. The van der Waals surface area contributed by atoms with Crippen molar-refractivity contribution >= 4 is 11.6 Å². The van der Waals surface area contributed by atoms with E-state index in [1.807, 2.05) is 18.5 Å². The Bertz CT molecular complexity index is 656. The zero-order valence-corrected chi connectivity index (χ0v) is 15.7. The lowest BCUT2D eigenvalue weighted by atomic mass is 9.85. The predicted octanol–water partition coefficient (Wildman–Crippen LogP) is 4.32. The van der Waals surface area contributed by atoms with E-state index < -0.39 is 0 Å². The van der Waals surface area contributed by atoms with Crippen molar-refractivity contribution in [1.82, 2.24) is 9.97 Å². The maximum atomic E-state index is 4.37. The maximum absolute atomic E-state index is 4.37. The average Bonchev–Trinajstić information content (AvgIpc) is 2.74. The predicted molar refractivity (Wildman–Crippen MR) is 108 cm³/mol. The Morgan fingerprint density at radius 2 is 1.46 bits per heavy atom. The average molecular weight is 351 g/mol. The molecule has 0 amide bonds. The molecule has 2 aromatic rings. The van der Waals surface area contributed by atoms with Gasteiger partial charge in [-0.25, -0.2) is 9.97 Å². The van der Waals surface area contributed by atoms with E-state index in [-0.39, 0.29) is 0 Å². The molecule has 1 aromatic heterocycles. The molecule has 2 fully saturated rings. The molecule has 2 heterocycles. The molecule has 1 saturated carbocycles. The van der Waals surface area contributed by atoms with E-state index in [4.69, 9.17) is 0 Å². The van der Waals surface area contributed by atoms with Crippen LogP contribution in [0.5, 0.6) is 0 Å². The highest BCUT2D eigenvalue weighted by Crippen LogP contribution is 2.28. The third-order valence-electron chi connectivity index (χ3n) is 5.98. The molecule has 26 heavy (non-hydrogen) atoms. The summed E-state index contributed by atoms with van der Waals surface area (Å²) >= 11 is 0. The molecule has 0 spiro atoms. The summed E-state index contributed by atoms with van der Waals surface area (Å²) in [5.41, 5.74) is 2.84. The summed E-state index contributed by atoms with van der Waals surface area (Å²) in [6.07, 6.45) is 13.5. The van der Waals surface area contributed by atoms with E-state index in [1.54, 1.807) is 0 Å². The number of aryl methyl sites for hydroxylation is 1. The quantitative estimate of drug-likeness (QED) is 0.804. The number of aromatic nitrogens is 2. The van der Waals surface area contributed by atoms with Gasteiger partial charge in [-0.05, 0) is 42.5 Å². The highest BCUT2D eigenvalue weighted by Gasteiger charge is 2.19. The Morgan fingerprint density at radius 3 is 2.15 bits per heavy atom. The molecule has 1 aromatic carbocycles. The summed E-state index contributed by atoms with van der Waals surface area (Å²) in [5, 5.41) is 0. The fourth-order valence-electron chi connectivity index (χ4n) is 4.34. The van der Waals surface area contributed by atoms with Crippen molar-refractivity contribution in [3.8, 4) is 0 Å². The van der Waals surface area contributed by atoms with Gasteiger partial charge in [-0.15, -0.1) is 0 Å². The zero-order valence-electron chi connectivity index (χ0n) is 15.7. The second kappa shape index (κ2) is 8.52. The van der Waals surface area contributed by atoms with Gasteiger partial charge in [0.05, 0.1) is 0 Å². The number of benzene rings is 1. The van der Waals surface area contributed by atoms with Crippen molar-refractivity contribution in [2.75, 3.05) is 36.0 Å². The normalized spacial score (nSPS) is 18.9. The van der Waals surface area contributed by atoms with E-state index in [0.717, 1.165) is 38.0 Å². The van der Waals surface area contributed by atoms with Crippen LogP contribution in [0, 0.1) is 5.92 Å². The highest BCUT2D eigenvalue weighted by molar-refractivity contribution is 5.49. The molecule has 4 heteroatoms. The van der Waals surface area contributed by atoms with Crippen molar-refractivity contribution in [2.24, 2.45) is 5.92 Å². The Morgan fingerprint density at radius 1 is 0.808 bits per heavy atom. The van der Waals surface area contributed by atoms with Gasteiger partial charge < -0.3 is 9.80 Å². The summed E-state index contributed by atoms with van der Waals surface area (Å²) in [6, 6.07) is 11.2. The fourth-order valence-corrected chi connectivity index (χ4v) is 4.34. The van der Waals surface area contributed by atoms with E-state index in [1.165, 1.54) is 56.2 Å². The number of nitrogens with zero attached hydrogens (tertiary/aromatic N) is 4. The van der Waals surface area contributed by atoms with Gasteiger partial charge in [0.2, 0.25) is 5.95 Å². The SMILES string of the molecule is c1cnc(N2CCN(c3ccc(CCC4CCCCC4)cc3)CC2)nc1. The first-order valence-electron chi connectivity index (χ1n) is 10.2. The molecular weight excluding hydrogens is 320 g/mol. The molecule has 4 nitrogen and oxygen atoms in total. The molecule has 0 N–H and O–H groups in total. The van der Waals surface area contributed by atoms with Gasteiger partial charge in [0, 0.05) is 44.3 Å². The maximum Gasteiger partial charge on any atom is 0.225 e.